The molecule has 0 amide bonds. The molecule has 0 saturated carbocycles. The zero-order valence-corrected chi connectivity index (χ0v) is 18.6. The first-order chi connectivity index (χ1) is 15.4. The molecule has 2 aromatic carbocycles. The number of ether oxygens (including phenoxy) is 2. The Morgan fingerprint density at radius 3 is 2.38 bits per heavy atom. The van der Waals surface area contributed by atoms with E-state index in [4.69, 9.17) is 4.74 Å². The van der Waals surface area contributed by atoms with Gasteiger partial charge < -0.3 is 9.47 Å². The van der Waals surface area contributed by atoms with Crippen LogP contribution in [0, 0.1) is 5.82 Å². The van der Waals surface area contributed by atoms with Gasteiger partial charge in [-0.15, -0.1) is 0 Å². The molecule has 0 spiro atoms. The Morgan fingerprint density at radius 2 is 1.81 bits per heavy atom. The highest BCUT2D eigenvalue weighted by atomic mass is 32.2. The summed E-state index contributed by atoms with van der Waals surface area (Å²) in [6, 6.07) is 12.9. The number of esters is 1. The van der Waals surface area contributed by atoms with Crippen LogP contribution in [0.4, 0.5) is 10.1 Å². The molecule has 4 rings (SSSR count). The van der Waals surface area contributed by atoms with Crippen LogP contribution in [-0.4, -0.2) is 76.1 Å². The van der Waals surface area contributed by atoms with E-state index in [1.54, 1.807) is 30.3 Å². The molecule has 32 heavy (non-hydrogen) atoms. The summed E-state index contributed by atoms with van der Waals surface area (Å²) in [7, 11) is -2.69. The number of halogens is 1. The van der Waals surface area contributed by atoms with E-state index < -0.39 is 22.0 Å². The third kappa shape index (κ3) is 4.63. The quantitative estimate of drug-likeness (QED) is 0.584. The second-order valence-electron chi connectivity index (χ2n) is 7.77. The number of nitrogens with zero attached hydrogens (tertiary/aromatic N) is 3. The fraction of sp³-hybridized carbons (Fsp3) is 0.409. The number of carbonyl (C=O) groups is 1. The predicted octanol–water partition coefficient (Wildman–Crippen LogP) is 1.88. The summed E-state index contributed by atoms with van der Waals surface area (Å²) in [6.07, 6.45) is 0. The molecule has 172 valence electrons. The second kappa shape index (κ2) is 9.53. The molecule has 2 aromatic rings. The van der Waals surface area contributed by atoms with Crippen LogP contribution in [0.25, 0.3) is 0 Å². The van der Waals surface area contributed by atoms with Crippen LogP contribution in [0.5, 0.6) is 0 Å². The summed E-state index contributed by atoms with van der Waals surface area (Å²) >= 11 is 0. The van der Waals surface area contributed by atoms with Crippen molar-refractivity contribution < 1.29 is 27.1 Å². The van der Waals surface area contributed by atoms with Crippen molar-refractivity contribution in [1.82, 2.24) is 9.21 Å². The lowest BCUT2D eigenvalue weighted by Crippen LogP contribution is -2.59. The highest BCUT2D eigenvalue weighted by Gasteiger charge is 2.36. The maximum atomic E-state index is 14.8. The molecule has 0 bridgehead atoms. The summed E-state index contributed by atoms with van der Waals surface area (Å²) in [6.45, 7) is 3.12. The predicted molar refractivity (Wildman–Crippen MR) is 117 cm³/mol. The van der Waals surface area contributed by atoms with Crippen LogP contribution >= 0.6 is 0 Å². The van der Waals surface area contributed by atoms with Gasteiger partial charge in [0, 0.05) is 31.7 Å². The van der Waals surface area contributed by atoms with Crippen molar-refractivity contribution in [1.29, 1.82) is 0 Å². The lowest BCUT2D eigenvalue weighted by Gasteiger charge is -2.43. The van der Waals surface area contributed by atoms with Gasteiger partial charge in [0.15, 0.2) is 0 Å². The molecule has 8 nitrogen and oxygen atoms in total. The van der Waals surface area contributed by atoms with Gasteiger partial charge in [0.05, 0.1) is 44.2 Å². The van der Waals surface area contributed by atoms with Crippen LogP contribution in [-0.2, 0) is 26.2 Å². The van der Waals surface area contributed by atoms with Crippen molar-refractivity contribution in [3.05, 3.63) is 65.5 Å². The van der Waals surface area contributed by atoms with E-state index in [2.05, 4.69) is 9.64 Å². The largest absolute Gasteiger partial charge is 0.465 e. The van der Waals surface area contributed by atoms with E-state index in [0.717, 1.165) is 6.07 Å². The Bertz CT molecular complexity index is 1050. The van der Waals surface area contributed by atoms with Crippen molar-refractivity contribution in [2.75, 3.05) is 50.8 Å². The zero-order chi connectivity index (χ0) is 22.7. The van der Waals surface area contributed by atoms with E-state index in [1.165, 1.54) is 27.9 Å². The maximum absolute atomic E-state index is 14.8. The second-order valence-corrected chi connectivity index (χ2v) is 9.63. The zero-order valence-electron chi connectivity index (χ0n) is 17.8. The molecular formula is C22H26FN3O5S. The molecule has 2 heterocycles. The van der Waals surface area contributed by atoms with E-state index in [0.29, 0.717) is 51.1 Å². The number of hydrogen-bond donors (Lipinski definition) is 0. The van der Waals surface area contributed by atoms with Gasteiger partial charge in [0.1, 0.15) is 5.82 Å². The minimum Gasteiger partial charge on any atom is -0.465 e. The van der Waals surface area contributed by atoms with Crippen LogP contribution in [0.3, 0.4) is 0 Å². The molecule has 0 radical (unpaired) electrons. The van der Waals surface area contributed by atoms with E-state index in [-0.39, 0.29) is 17.7 Å². The summed E-state index contributed by atoms with van der Waals surface area (Å²) in [5.74, 6) is -1.32. The molecular weight excluding hydrogens is 437 g/mol. The SMILES string of the molecule is COC(=O)c1ccc(CN(c2ccccc2)S(=O)(=O)N2CCN(C3COC3)CC2)c(F)c1. The van der Waals surface area contributed by atoms with Crippen LogP contribution in [0.15, 0.2) is 48.5 Å². The van der Waals surface area contributed by atoms with E-state index in [9.17, 15) is 17.6 Å². The molecule has 0 unspecified atom stereocenters. The molecule has 2 saturated heterocycles. The Labute approximate surface area is 187 Å². The average Bonchev–Trinajstić information content (AvgIpc) is 2.77. The minimum absolute atomic E-state index is 0.0685. The molecule has 0 aromatic heterocycles. The fourth-order valence-corrected chi connectivity index (χ4v) is 5.44. The van der Waals surface area contributed by atoms with Crippen LogP contribution in [0.2, 0.25) is 0 Å². The van der Waals surface area contributed by atoms with Crippen molar-refractivity contribution in [2.45, 2.75) is 12.6 Å². The van der Waals surface area contributed by atoms with E-state index in [1.807, 2.05) is 0 Å². The smallest absolute Gasteiger partial charge is 0.337 e. The summed E-state index contributed by atoms with van der Waals surface area (Å²) < 4.78 is 54.5. The lowest BCUT2D eigenvalue weighted by atomic mass is 10.1. The number of hydrogen-bond acceptors (Lipinski definition) is 6. The maximum Gasteiger partial charge on any atom is 0.337 e. The summed E-state index contributed by atoms with van der Waals surface area (Å²) in [4.78, 5) is 13.9. The van der Waals surface area contributed by atoms with Gasteiger partial charge in [-0.1, -0.05) is 24.3 Å². The Morgan fingerprint density at radius 1 is 1.12 bits per heavy atom. The molecule has 10 heteroatoms. The minimum atomic E-state index is -3.91. The first-order valence-electron chi connectivity index (χ1n) is 10.4. The number of carbonyl (C=O) groups excluding carboxylic acids is 1. The molecule has 0 atom stereocenters. The van der Waals surface area contributed by atoms with Crippen LogP contribution < -0.4 is 4.31 Å². The van der Waals surface area contributed by atoms with Crippen molar-refractivity contribution in [3.8, 4) is 0 Å². The number of methoxy groups -OCH3 is 1. The molecule has 2 aliphatic rings. The lowest BCUT2D eigenvalue weighted by molar-refractivity contribution is -0.0721. The normalized spacial score (nSPS) is 18.2. The average molecular weight is 464 g/mol. The third-order valence-corrected chi connectivity index (χ3v) is 7.76. The summed E-state index contributed by atoms with van der Waals surface area (Å²) in [5.41, 5.74) is 0.674. The monoisotopic (exact) mass is 463 g/mol. The standard InChI is InChI=1S/C22H26FN3O5S/c1-30-22(27)17-7-8-18(21(23)13-17)14-26(19-5-3-2-4-6-19)32(28,29)25-11-9-24(10-12-25)20-15-31-16-20/h2-8,13,20H,9-12,14-16H2,1H3. The third-order valence-electron chi connectivity index (χ3n) is 5.85. The van der Waals surface area contributed by atoms with Gasteiger partial charge >= 0.3 is 16.2 Å². The Hall–Kier alpha value is -2.53. The van der Waals surface area contributed by atoms with Gasteiger partial charge in [-0.2, -0.15) is 12.7 Å². The van der Waals surface area contributed by atoms with Crippen LogP contribution in [0.1, 0.15) is 15.9 Å². The van der Waals surface area contributed by atoms with Crippen molar-refractivity contribution in [2.24, 2.45) is 0 Å². The molecule has 0 N–H and O–H groups in total. The topological polar surface area (TPSA) is 79.4 Å². The highest BCUT2D eigenvalue weighted by molar-refractivity contribution is 7.90. The molecule has 2 aliphatic heterocycles. The fourth-order valence-electron chi connectivity index (χ4n) is 3.85. The number of piperazine rings is 1. The number of benzene rings is 2. The van der Waals surface area contributed by atoms with Gasteiger partial charge in [-0.3, -0.25) is 9.21 Å². The molecule has 2 fully saturated rings. The van der Waals surface area contributed by atoms with Gasteiger partial charge in [-0.05, 0) is 24.3 Å². The van der Waals surface area contributed by atoms with Crippen molar-refractivity contribution in [3.63, 3.8) is 0 Å². The number of para-hydroxylation sites is 1. The summed E-state index contributed by atoms with van der Waals surface area (Å²) in [5, 5.41) is 0. The Kier molecular flexibility index (Phi) is 6.75. The van der Waals surface area contributed by atoms with Gasteiger partial charge in [-0.25, -0.2) is 9.18 Å². The van der Waals surface area contributed by atoms with Gasteiger partial charge in [0.25, 0.3) is 0 Å². The first-order valence-corrected chi connectivity index (χ1v) is 11.8. The number of anilines is 1. The Balaban J connectivity index is 1.58. The highest BCUT2D eigenvalue weighted by Crippen LogP contribution is 2.26. The number of rotatable bonds is 7. The van der Waals surface area contributed by atoms with Crippen molar-refractivity contribution >= 4 is 21.9 Å². The van der Waals surface area contributed by atoms with Gasteiger partial charge in [0.2, 0.25) is 0 Å². The van der Waals surface area contributed by atoms with E-state index >= 15 is 0 Å². The first kappa shape index (κ1) is 22.7. The molecule has 0 aliphatic carbocycles.